The molecular weight excluding hydrogens is 374 g/mol. The predicted molar refractivity (Wildman–Crippen MR) is 100 cm³/mol. The first-order valence-corrected chi connectivity index (χ1v) is 8.59. The number of nitro groups is 1. The maximum absolute atomic E-state index is 12.2. The smallest absolute Gasteiger partial charge is 0.312 e. The minimum absolute atomic E-state index is 0.00439. The van der Waals surface area contributed by atoms with Gasteiger partial charge in [-0.25, -0.2) is 0 Å². The number of hydrogen-bond donors (Lipinski definition) is 1. The average molecular weight is 390 g/mol. The molecule has 0 unspecified atom stereocenters. The molecular formula is C18H16ClN3O5. The number of nitrogens with one attached hydrogen (secondary N) is 1. The zero-order valence-corrected chi connectivity index (χ0v) is 14.9. The van der Waals surface area contributed by atoms with Crippen LogP contribution in [0.15, 0.2) is 42.5 Å². The number of ether oxygens (including phenoxy) is 1. The summed E-state index contributed by atoms with van der Waals surface area (Å²) in [6.45, 7) is 0.171. The second-order valence-corrected chi connectivity index (χ2v) is 6.31. The number of amides is 2. The van der Waals surface area contributed by atoms with Gasteiger partial charge in [-0.3, -0.25) is 19.7 Å². The van der Waals surface area contributed by atoms with E-state index in [1.165, 1.54) is 12.1 Å². The molecule has 1 heterocycles. The van der Waals surface area contributed by atoms with Crippen molar-refractivity contribution in [1.82, 2.24) is 0 Å². The normalized spacial score (nSPS) is 13.5. The molecule has 0 saturated carbocycles. The Morgan fingerprint density at radius 2 is 2.07 bits per heavy atom. The lowest BCUT2D eigenvalue weighted by atomic mass is 10.2. The van der Waals surface area contributed by atoms with E-state index in [1.54, 1.807) is 29.2 Å². The second-order valence-electron chi connectivity index (χ2n) is 5.87. The summed E-state index contributed by atoms with van der Waals surface area (Å²) < 4.78 is 5.28. The highest BCUT2D eigenvalue weighted by Gasteiger charge is 2.24. The lowest BCUT2D eigenvalue weighted by Crippen LogP contribution is -2.27. The Hall–Kier alpha value is -3.13. The number of anilines is 2. The van der Waals surface area contributed by atoms with E-state index < -0.39 is 17.4 Å². The van der Waals surface area contributed by atoms with Crippen LogP contribution in [0.2, 0.25) is 5.02 Å². The van der Waals surface area contributed by atoms with Gasteiger partial charge in [0, 0.05) is 24.1 Å². The molecule has 1 aliphatic rings. The lowest BCUT2D eigenvalue weighted by molar-refractivity contribution is -0.385. The molecule has 27 heavy (non-hydrogen) atoms. The van der Waals surface area contributed by atoms with Gasteiger partial charge in [0.1, 0.15) is 0 Å². The van der Waals surface area contributed by atoms with Gasteiger partial charge >= 0.3 is 5.69 Å². The Morgan fingerprint density at radius 3 is 2.78 bits per heavy atom. The number of hydrogen-bond acceptors (Lipinski definition) is 5. The fourth-order valence-corrected chi connectivity index (χ4v) is 2.97. The highest BCUT2D eigenvalue weighted by atomic mass is 35.5. The van der Waals surface area contributed by atoms with Crippen LogP contribution in [0.3, 0.4) is 0 Å². The van der Waals surface area contributed by atoms with Crippen LogP contribution in [-0.4, -0.2) is 29.9 Å². The maximum Gasteiger partial charge on any atom is 0.312 e. The minimum Gasteiger partial charge on any atom is -0.477 e. The van der Waals surface area contributed by atoms with Crippen LogP contribution in [0.4, 0.5) is 17.1 Å². The molecule has 140 valence electrons. The van der Waals surface area contributed by atoms with Crippen molar-refractivity contribution in [3.8, 4) is 5.75 Å². The van der Waals surface area contributed by atoms with E-state index >= 15 is 0 Å². The van der Waals surface area contributed by atoms with Crippen molar-refractivity contribution in [3.05, 3.63) is 57.6 Å². The molecule has 2 aromatic rings. The SMILES string of the molecule is O=C(COc1ccc(Cl)cc1[N+](=O)[O-])Nc1ccccc1N1CCCC1=O. The van der Waals surface area contributed by atoms with Gasteiger partial charge in [0.15, 0.2) is 12.4 Å². The third-order valence-electron chi connectivity index (χ3n) is 4.02. The number of nitrogens with zero attached hydrogens (tertiary/aromatic N) is 2. The van der Waals surface area contributed by atoms with Crippen LogP contribution in [-0.2, 0) is 9.59 Å². The molecule has 0 aromatic heterocycles. The summed E-state index contributed by atoms with van der Waals surface area (Å²) in [4.78, 5) is 36.3. The van der Waals surface area contributed by atoms with E-state index in [1.807, 2.05) is 0 Å². The first kappa shape index (κ1) is 18.7. The predicted octanol–water partition coefficient (Wildman–Crippen LogP) is 3.39. The van der Waals surface area contributed by atoms with E-state index in [0.717, 1.165) is 12.5 Å². The van der Waals surface area contributed by atoms with Gasteiger partial charge in [-0.1, -0.05) is 23.7 Å². The molecule has 3 rings (SSSR count). The standard InChI is InChI=1S/C18H16ClN3O5/c19-12-7-8-16(15(10-12)22(25)26)27-11-17(23)20-13-4-1-2-5-14(13)21-9-3-6-18(21)24/h1-2,4-5,7-8,10H,3,6,9,11H2,(H,20,23). The Labute approximate surface area is 159 Å². The molecule has 2 aromatic carbocycles. The Balaban J connectivity index is 1.69. The molecule has 0 spiro atoms. The number of nitro benzene ring substituents is 1. The van der Waals surface area contributed by atoms with Gasteiger partial charge in [-0.2, -0.15) is 0 Å². The number of halogens is 1. The Bertz CT molecular complexity index is 902. The molecule has 1 fully saturated rings. The monoisotopic (exact) mass is 389 g/mol. The highest BCUT2D eigenvalue weighted by molar-refractivity contribution is 6.30. The summed E-state index contributed by atoms with van der Waals surface area (Å²) >= 11 is 5.75. The molecule has 8 nitrogen and oxygen atoms in total. The van der Waals surface area contributed by atoms with Crippen molar-refractivity contribution in [2.75, 3.05) is 23.4 Å². The quantitative estimate of drug-likeness (QED) is 0.602. The average Bonchev–Trinajstić information content (AvgIpc) is 3.07. The van der Waals surface area contributed by atoms with Crippen LogP contribution in [0, 0.1) is 10.1 Å². The van der Waals surface area contributed by atoms with Gasteiger partial charge in [0.2, 0.25) is 5.91 Å². The summed E-state index contributed by atoms with van der Waals surface area (Å²) in [5.41, 5.74) is 0.774. The van der Waals surface area contributed by atoms with Crippen LogP contribution in [0.25, 0.3) is 0 Å². The third kappa shape index (κ3) is 4.35. The van der Waals surface area contributed by atoms with Crippen molar-refractivity contribution in [2.45, 2.75) is 12.8 Å². The summed E-state index contributed by atoms with van der Waals surface area (Å²) in [7, 11) is 0. The topological polar surface area (TPSA) is 102 Å². The zero-order valence-electron chi connectivity index (χ0n) is 14.2. The van der Waals surface area contributed by atoms with Crippen molar-refractivity contribution in [3.63, 3.8) is 0 Å². The summed E-state index contributed by atoms with van der Waals surface area (Å²) in [5.74, 6) is -0.550. The first-order valence-electron chi connectivity index (χ1n) is 8.21. The van der Waals surface area contributed by atoms with Crippen molar-refractivity contribution < 1.29 is 19.2 Å². The molecule has 1 N–H and O–H groups in total. The van der Waals surface area contributed by atoms with Gasteiger partial charge in [0.25, 0.3) is 5.91 Å². The van der Waals surface area contributed by atoms with Crippen molar-refractivity contribution in [1.29, 1.82) is 0 Å². The number of carbonyl (C=O) groups excluding carboxylic acids is 2. The highest BCUT2D eigenvalue weighted by Crippen LogP contribution is 2.31. The zero-order chi connectivity index (χ0) is 19.4. The molecule has 0 bridgehead atoms. The fraction of sp³-hybridized carbons (Fsp3) is 0.222. The van der Waals surface area contributed by atoms with E-state index in [0.29, 0.717) is 24.3 Å². The van der Waals surface area contributed by atoms with Crippen LogP contribution >= 0.6 is 11.6 Å². The lowest BCUT2D eigenvalue weighted by Gasteiger charge is -2.20. The largest absolute Gasteiger partial charge is 0.477 e. The second kappa shape index (κ2) is 8.05. The van der Waals surface area contributed by atoms with E-state index in [4.69, 9.17) is 16.3 Å². The van der Waals surface area contributed by atoms with Gasteiger partial charge in [0.05, 0.1) is 16.3 Å². The fourth-order valence-electron chi connectivity index (χ4n) is 2.80. The van der Waals surface area contributed by atoms with Crippen LogP contribution < -0.4 is 15.0 Å². The van der Waals surface area contributed by atoms with Crippen molar-refractivity contribution in [2.24, 2.45) is 0 Å². The van der Waals surface area contributed by atoms with Crippen LogP contribution in [0.5, 0.6) is 5.75 Å². The molecule has 0 aliphatic carbocycles. The molecule has 0 atom stereocenters. The molecule has 2 amide bonds. The summed E-state index contributed by atoms with van der Waals surface area (Å²) in [6.07, 6.45) is 1.25. The molecule has 9 heteroatoms. The molecule has 1 aliphatic heterocycles. The van der Waals surface area contributed by atoms with E-state index in [-0.39, 0.29) is 22.4 Å². The Morgan fingerprint density at radius 1 is 1.30 bits per heavy atom. The number of rotatable bonds is 6. The summed E-state index contributed by atoms with van der Waals surface area (Å²) in [6, 6.07) is 10.9. The first-order chi connectivity index (χ1) is 13.0. The van der Waals surface area contributed by atoms with Crippen molar-refractivity contribution >= 4 is 40.5 Å². The maximum atomic E-state index is 12.2. The molecule has 1 saturated heterocycles. The van der Waals surface area contributed by atoms with Gasteiger partial charge in [-0.15, -0.1) is 0 Å². The number of para-hydroxylation sites is 2. The number of benzene rings is 2. The Kier molecular flexibility index (Phi) is 5.56. The van der Waals surface area contributed by atoms with E-state index in [9.17, 15) is 19.7 Å². The third-order valence-corrected chi connectivity index (χ3v) is 4.25. The van der Waals surface area contributed by atoms with Gasteiger partial charge < -0.3 is 15.0 Å². The number of carbonyl (C=O) groups is 2. The van der Waals surface area contributed by atoms with Crippen LogP contribution in [0.1, 0.15) is 12.8 Å². The van der Waals surface area contributed by atoms with E-state index in [2.05, 4.69) is 5.32 Å². The summed E-state index contributed by atoms with van der Waals surface area (Å²) in [5, 5.41) is 13.9. The van der Waals surface area contributed by atoms with Gasteiger partial charge in [-0.05, 0) is 30.7 Å². The minimum atomic E-state index is -0.632. The molecule has 0 radical (unpaired) electrons.